The molecule has 0 radical (unpaired) electrons. The van der Waals surface area contributed by atoms with Gasteiger partial charge in [-0.3, -0.25) is 9.69 Å². The van der Waals surface area contributed by atoms with Crippen molar-refractivity contribution in [3.8, 4) is 0 Å². The molecule has 2 heteroatoms. The minimum absolute atomic E-state index is 0.234. The van der Waals surface area contributed by atoms with Crippen molar-refractivity contribution in [2.75, 3.05) is 14.1 Å². The molecule has 0 heterocycles. The summed E-state index contributed by atoms with van der Waals surface area (Å²) in [6, 6.07) is 0. The van der Waals surface area contributed by atoms with E-state index in [1.54, 1.807) is 0 Å². The number of Topliss-reactive ketones (excluding diaryl/α,β-unsaturated/α-hetero) is 1. The maximum Gasteiger partial charge on any atom is 0.153 e. The Morgan fingerprint density at radius 2 is 1.50 bits per heavy atom. The van der Waals surface area contributed by atoms with Gasteiger partial charge in [0, 0.05) is 6.42 Å². The van der Waals surface area contributed by atoms with Gasteiger partial charge in [0.1, 0.15) is 0 Å². The lowest BCUT2D eigenvalue weighted by molar-refractivity contribution is -0.131. The monoisotopic (exact) mass is 227 g/mol. The highest BCUT2D eigenvalue weighted by atomic mass is 16.1. The molecule has 0 aliphatic heterocycles. The Morgan fingerprint density at radius 3 is 1.75 bits per heavy atom. The highest BCUT2D eigenvalue weighted by Gasteiger charge is 2.36. The first-order valence-electron chi connectivity index (χ1n) is 6.69. The maximum atomic E-state index is 12.5. The lowest BCUT2D eigenvalue weighted by Crippen LogP contribution is -2.50. The van der Waals surface area contributed by atoms with Crippen LogP contribution in [0.5, 0.6) is 0 Å². The van der Waals surface area contributed by atoms with Crippen molar-refractivity contribution >= 4 is 5.78 Å². The van der Waals surface area contributed by atoms with E-state index in [4.69, 9.17) is 0 Å². The number of carbonyl (C=O) groups is 1. The van der Waals surface area contributed by atoms with Crippen molar-refractivity contribution in [2.45, 2.75) is 65.3 Å². The fourth-order valence-electron chi connectivity index (χ4n) is 2.56. The molecule has 0 amide bonds. The van der Waals surface area contributed by atoms with E-state index in [0.717, 1.165) is 32.1 Å². The number of nitrogens with zero attached hydrogens (tertiary/aromatic N) is 1. The zero-order chi connectivity index (χ0) is 12.8. The van der Waals surface area contributed by atoms with Crippen LogP contribution < -0.4 is 0 Å². The molecular weight excluding hydrogens is 198 g/mol. The van der Waals surface area contributed by atoms with Gasteiger partial charge in [0.05, 0.1) is 5.54 Å². The molecular formula is C14H29NO. The van der Waals surface area contributed by atoms with Gasteiger partial charge in [-0.25, -0.2) is 0 Å². The van der Waals surface area contributed by atoms with Crippen LogP contribution >= 0.6 is 0 Å². The van der Waals surface area contributed by atoms with Crippen LogP contribution in [0.3, 0.4) is 0 Å². The molecule has 0 fully saturated rings. The van der Waals surface area contributed by atoms with Gasteiger partial charge >= 0.3 is 0 Å². The van der Waals surface area contributed by atoms with Crippen LogP contribution in [0.4, 0.5) is 0 Å². The molecule has 0 unspecified atom stereocenters. The fourth-order valence-corrected chi connectivity index (χ4v) is 2.56. The molecule has 0 aliphatic carbocycles. The third kappa shape index (κ3) is 3.31. The SMILES string of the molecule is CCC(CC)CC(=O)C(CC)(CC)N(C)C. The Balaban J connectivity index is 4.75. The summed E-state index contributed by atoms with van der Waals surface area (Å²) in [4.78, 5) is 14.6. The van der Waals surface area contributed by atoms with E-state index in [1.165, 1.54) is 0 Å². The van der Waals surface area contributed by atoms with Crippen LogP contribution in [0.15, 0.2) is 0 Å². The van der Waals surface area contributed by atoms with Gasteiger partial charge in [-0.2, -0.15) is 0 Å². The number of hydrogen-bond acceptors (Lipinski definition) is 2. The summed E-state index contributed by atoms with van der Waals surface area (Å²) in [7, 11) is 4.05. The van der Waals surface area contributed by atoms with E-state index < -0.39 is 0 Å². The smallest absolute Gasteiger partial charge is 0.153 e. The van der Waals surface area contributed by atoms with Crippen molar-refractivity contribution < 1.29 is 4.79 Å². The van der Waals surface area contributed by atoms with E-state index in [1.807, 2.05) is 14.1 Å². The minimum atomic E-state index is -0.234. The topological polar surface area (TPSA) is 20.3 Å². The second-order valence-electron chi connectivity index (χ2n) is 4.94. The Kier molecular flexibility index (Phi) is 6.89. The molecule has 0 aromatic heterocycles. The molecule has 0 atom stereocenters. The zero-order valence-corrected chi connectivity index (χ0v) is 12.0. The molecule has 0 saturated carbocycles. The van der Waals surface area contributed by atoms with E-state index in [9.17, 15) is 4.79 Å². The van der Waals surface area contributed by atoms with Gasteiger partial charge in [-0.05, 0) is 32.9 Å². The Bertz CT molecular complexity index is 203. The summed E-state index contributed by atoms with van der Waals surface area (Å²) in [6.07, 6.45) is 4.79. The van der Waals surface area contributed by atoms with E-state index in [0.29, 0.717) is 11.7 Å². The molecule has 0 bridgehead atoms. The number of rotatable bonds is 8. The van der Waals surface area contributed by atoms with Gasteiger partial charge in [0.25, 0.3) is 0 Å². The van der Waals surface area contributed by atoms with Crippen molar-refractivity contribution in [2.24, 2.45) is 5.92 Å². The van der Waals surface area contributed by atoms with E-state index >= 15 is 0 Å². The average Bonchev–Trinajstić information content (AvgIpc) is 2.27. The van der Waals surface area contributed by atoms with Gasteiger partial charge in [0.2, 0.25) is 0 Å². The molecule has 16 heavy (non-hydrogen) atoms. The van der Waals surface area contributed by atoms with Crippen LogP contribution in [0.1, 0.15) is 59.8 Å². The molecule has 0 aromatic carbocycles. The Labute approximate surface area is 101 Å². The first-order chi connectivity index (χ1) is 7.48. The lowest BCUT2D eigenvalue weighted by atomic mass is 9.81. The first-order valence-corrected chi connectivity index (χ1v) is 6.69. The van der Waals surface area contributed by atoms with Crippen LogP contribution in [0, 0.1) is 5.92 Å². The van der Waals surface area contributed by atoms with Crippen LogP contribution in [-0.4, -0.2) is 30.3 Å². The predicted octanol–water partition coefficient (Wildman–Crippen LogP) is 3.50. The second kappa shape index (κ2) is 7.05. The number of likely N-dealkylation sites (N-methyl/N-ethyl adjacent to an activating group) is 1. The normalized spacial score (nSPS) is 12.5. The summed E-state index contributed by atoms with van der Waals surface area (Å²) < 4.78 is 0. The van der Waals surface area contributed by atoms with Crippen molar-refractivity contribution in [3.63, 3.8) is 0 Å². The summed E-state index contributed by atoms with van der Waals surface area (Å²) >= 11 is 0. The maximum absolute atomic E-state index is 12.5. The highest BCUT2D eigenvalue weighted by molar-refractivity contribution is 5.88. The van der Waals surface area contributed by atoms with Crippen molar-refractivity contribution in [1.29, 1.82) is 0 Å². The predicted molar refractivity (Wildman–Crippen MR) is 70.7 cm³/mol. The van der Waals surface area contributed by atoms with Crippen LogP contribution in [0.2, 0.25) is 0 Å². The number of hydrogen-bond donors (Lipinski definition) is 0. The van der Waals surface area contributed by atoms with Crippen LogP contribution in [0.25, 0.3) is 0 Å². The number of ketones is 1. The summed E-state index contributed by atoms with van der Waals surface area (Å²) in [5, 5.41) is 0. The molecule has 96 valence electrons. The fraction of sp³-hybridized carbons (Fsp3) is 0.929. The second-order valence-corrected chi connectivity index (χ2v) is 4.94. The Hall–Kier alpha value is -0.370. The van der Waals surface area contributed by atoms with Gasteiger partial charge in [-0.1, -0.05) is 40.5 Å². The summed E-state index contributed by atoms with van der Waals surface area (Å²) in [5.41, 5.74) is -0.234. The van der Waals surface area contributed by atoms with Gasteiger partial charge < -0.3 is 0 Å². The van der Waals surface area contributed by atoms with Crippen molar-refractivity contribution in [1.82, 2.24) is 4.90 Å². The van der Waals surface area contributed by atoms with E-state index in [-0.39, 0.29) is 5.54 Å². The summed E-state index contributed by atoms with van der Waals surface area (Å²) in [6.45, 7) is 8.59. The summed E-state index contributed by atoms with van der Waals surface area (Å²) in [5.74, 6) is 0.987. The number of carbonyl (C=O) groups excluding carboxylic acids is 1. The first kappa shape index (κ1) is 15.6. The standard InChI is InChI=1S/C14H29NO/c1-7-12(8-2)11-13(16)14(9-3,10-4)15(5)6/h12H,7-11H2,1-6H3. The van der Waals surface area contributed by atoms with Gasteiger partial charge in [0.15, 0.2) is 5.78 Å². The van der Waals surface area contributed by atoms with Gasteiger partial charge in [-0.15, -0.1) is 0 Å². The minimum Gasteiger partial charge on any atom is -0.298 e. The van der Waals surface area contributed by atoms with E-state index in [2.05, 4.69) is 32.6 Å². The average molecular weight is 227 g/mol. The third-order valence-corrected chi connectivity index (χ3v) is 4.17. The molecule has 0 aliphatic rings. The Morgan fingerprint density at radius 1 is 1.06 bits per heavy atom. The highest BCUT2D eigenvalue weighted by Crippen LogP contribution is 2.27. The van der Waals surface area contributed by atoms with Crippen LogP contribution in [-0.2, 0) is 4.79 Å². The molecule has 0 spiro atoms. The van der Waals surface area contributed by atoms with Crippen molar-refractivity contribution in [3.05, 3.63) is 0 Å². The zero-order valence-electron chi connectivity index (χ0n) is 12.0. The molecule has 0 saturated heterocycles. The molecule has 0 rings (SSSR count). The lowest BCUT2D eigenvalue weighted by Gasteiger charge is -2.38. The molecule has 2 nitrogen and oxygen atoms in total. The molecule has 0 N–H and O–H groups in total. The quantitative estimate of drug-likeness (QED) is 0.632. The largest absolute Gasteiger partial charge is 0.298 e. The molecule has 0 aromatic rings. The third-order valence-electron chi connectivity index (χ3n) is 4.17.